The Morgan fingerprint density at radius 1 is 1.46 bits per heavy atom. The van der Waals surface area contributed by atoms with E-state index in [0.717, 1.165) is 16.5 Å². The Hall–Kier alpha value is -1.64. The zero-order valence-electron chi connectivity index (χ0n) is 13.1. The van der Waals surface area contributed by atoms with Gasteiger partial charge in [0.25, 0.3) is 5.91 Å². The maximum atomic E-state index is 12.5. The Bertz CT molecular complexity index is 708. The maximum Gasteiger partial charge on any atom is 0.276 e. The molecule has 0 saturated carbocycles. The van der Waals surface area contributed by atoms with Gasteiger partial charge in [0.15, 0.2) is 16.6 Å². The molecule has 128 valence electrons. The molecule has 0 bridgehead atoms. The van der Waals surface area contributed by atoms with Gasteiger partial charge < -0.3 is 19.5 Å². The third-order valence-electron chi connectivity index (χ3n) is 3.60. The quantitative estimate of drug-likeness (QED) is 0.440. The first kappa shape index (κ1) is 17.2. The van der Waals surface area contributed by atoms with Gasteiger partial charge in [0.05, 0.1) is 4.47 Å². The van der Waals surface area contributed by atoms with Gasteiger partial charge in [-0.15, -0.1) is 0 Å². The van der Waals surface area contributed by atoms with Crippen LogP contribution in [0, 0.1) is 0 Å². The van der Waals surface area contributed by atoms with Crippen LogP contribution in [0.4, 0.5) is 0 Å². The number of fused-ring (bicyclic) bond motifs is 1. The SMILES string of the molecule is CCOCCCN1C(=O)C(=Cc2cc(Br)c3c(c2)OCO3)NC1=S. The van der Waals surface area contributed by atoms with Gasteiger partial charge in [-0.1, -0.05) is 0 Å². The second-order valence-corrected chi connectivity index (χ2v) is 6.47. The van der Waals surface area contributed by atoms with Gasteiger partial charge in [0, 0.05) is 19.8 Å². The molecule has 0 atom stereocenters. The number of hydrogen-bond acceptors (Lipinski definition) is 5. The smallest absolute Gasteiger partial charge is 0.276 e. The maximum absolute atomic E-state index is 12.5. The Kier molecular flexibility index (Phi) is 5.37. The minimum Gasteiger partial charge on any atom is -0.454 e. The van der Waals surface area contributed by atoms with Crippen molar-refractivity contribution in [2.75, 3.05) is 26.6 Å². The number of halogens is 1. The highest BCUT2D eigenvalue weighted by molar-refractivity contribution is 9.10. The van der Waals surface area contributed by atoms with Gasteiger partial charge in [-0.05, 0) is 65.3 Å². The molecule has 24 heavy (non-hydrogen) atoms. The summed E-state index contributed by atoms with van der Waals surface area (Å²) in [6, 6.07) is 3.70. The van der Waals surface area contributed by atoms with Crippen LogP contribution in [0.3, 0.4) is 0 Å². The highest BCUT2D eigenvalue weighted by Gasteiger charge is 2.30. The Balaban J connectivity index is 1.73. The largest absolute Gasteiger partial charge is 0.454 e. The standard InChI is InChI=1S/C16H17BrN2O4S/c1-2-21-5-3-4-19-15(20)12(18-16(19)24)7-10-6-11(17)14-13(8-10)22-9-23-14/h6-8H,2-5,9H2,1H3,(H,18,24). The summed E-state index contributed by atoms with van der Waals surface area (Å²) in [6.45, 7) is 3.95. The van der Waals surface area contributed by atoms with Crippen LogP contribution in [0.25, 0.3) is 6.08 Å². The number of carbonyl (C=O) groups excluding carboxylic acids is 1. The van der Waals surface area contributed by atoms with E-state index >= 15 is 0 Å². The molecule has 2 aliphatic rings. The van der Waals surface area contributed by atoms with E-state index < -0.39 is 0 Å². The van der Waals surface area contributed by atoms with E-state index in [2.05, 4.69) is 21.2 Å². The first-order chi connectivity index (χ1) is 11.6. The number of hydrogen-bond donors (Lipinski definition) is 1. The van der Waals surface area contributed by atoms with E-state index in [1.807, 2.05) is 19.1 Å². The zero-order valence-corrected chi connectivity index (χ0v) is 15.5. The number of nitrogens with zero attached hydrogens (tertiary/aromatic N) is 1. The second kappa shape index (κ2) is 7.50. The van der Waals surface area contributed by atoms with Crippen molar-refractivity contribution >= 4 is 45.2 Å². The number of benzene rings is 1. The lowest BCUT2D eigenvalue weighted by Gasteiger charge is -2.13. The first-order valence-corrected chi connectivity index (χ1v) is 8.81. The fourth-order valence-electron chi connectivity index (χ4n) is 2.48. The third kappa shape index (κ3) is 3.55. The summed E-state index contributed by atoms with van der Waals surface area (Å²) >= 11 is 8.70. The van der Waals surface area contributed by atoms with Crippen LogP contribution in [0.15, 0.2) is 22.3 Å². The van der Waals surface area contributed by atoms with E-state index in [-0.39, 0.29) is 12.7 Å². The average molecular weight is 413 g/mol. The monoisotopic (exact) mass is 412 g/mol. The van der Waals surface area contributed by atoms with Crippen LogP contribution in [0.2, 0.25) is 0 Å². The van der Waals surface area contributed by atoms with Gasteiger partial charge >= 0.3 is 0 Å². The molecule has 3 rings (SSSR count). The fourth-order valence-corrected chi connectivity index (χ4v) is 3.34. The molecule has 1 aromatic rings. The molecule has 1 fully saturated rings. The summed E-state index contributed by atoms with van der Waals surface area (Å²) < 4.78 is 16.8. The van der Waals surface area contributed by atoms with E-state index in [9.17, 15) is 4.79 Å². The second-order valence-electron chi connectivity index (χ2n) is 5.23. The van der Waals surface area contributed by atoms with E-state index in [1.165, 1.54) is 0 Å². The number of ether oxygens (including phenoxy) is 3. The van der Waals surface area contributed by atoms with Crippen LogP contribution in [-0.2, 0) is 9.53 Å². The van der Waals surface area contributed by atoms with Crippen LogP contribution in [0.5, 0.6) is 11.5 Å². The summed E-state index contributed by atoms with van der Waals surface area (Å²) in [6.07, 6.45) is 2.49. The highest BCUT2D eigenvalue weighted by atomic mass is 79.9. The van der Waals surface area contributed by atoms with Crippen molar-refractivity contribution in [3.05, 3.63) is 27.9 Å². The molecule has 2 heterocycles. The number of thiocarbonyl (C=S) groups is 1. The predicted molar refractivity (Wildman–Crippen MR) is 96.8 cm³/mol. The van der Waals surface area contributed by atoms with Crippen LogP contribution < -0.4 is 14.8 Å². The van der Waals surface area contributed by atoms with Crippen molar-refractivity contribution in [2.45, 2.75) is 13.3 Å². The van der Waals surface area contributed by atoms with Crippen molar-refractivity contribution in [3.8, 4) is 11.5 Å². The van der Waals surface area contributed by atoms with Gasteiger partial charge in [0.1, 0.15) is 5.70 Å². The van der Waals surface area contributed by atoms with Crippen LogP contribution in [-0.4, -0.2) is 42.5 Å². The summed E-state index contributed by atoms with van der Waals surface area (Å²) in [7, 11) is 0. The molecule has 0 unspecified atom stereocenters. The Morgan fingerprint density at radius 2 is 2.29 bits per heavy atom. The molecule has 1 saturated heterocycles. The lowest BCUT2D eigenvalue weighted by molar-refractivity contribution is -0.122. The van der Waals surface area contributed by atoms with Crippen molar-refractivity contribution in [1.29, 1.82) is 0 Å². The summed E-state index contributed by atoms with van der Waals surface area (Å²) in [5, 5.41) is 3.39. The van der Waals surface area contributed by atoms with Crippen LogP contribution >= 0.6 is 28.1 Å². The molecule has 1 amide bonds. The van der Waals surface area contributed by atoms with Crippen LogP contribution in [0.1, 0.15) is 18.9 Å². The van der Waals surface area contributed by atoms with Crippen molar-refractivity contribution in [1.82, 2.24) is 10.2 Å². The molecule has 0 aromatic heterocycles. The normalized spacial score (nSPS) is 17.8. The zero-order chi connectivity index (χ0) is 17.1. The van der Waals surface area contributed by atoms with Gasteiger partial charge in [0.2, 0.25) is 6.79 Å². The molecular weight excluding hydrogens is 396 g/mol. The average Bonchev–Trinajstić information content (AvgIpc) is 3.11. The topological polar surface area (TPSA) is 60.0 Å². The summed E-state index contributed by atoms with van der Waals surface area (Å²) in [5.74, 6) is 1.19. The Morgan fingerprint density at radius 3 is 3.08 bits per heavy atom. The van der Waals surface area contributed by atoms with Crippen molar-refractivity contribution in [2.24, 2.45) is 0 Å². The molecule has 0 spiro atoms. The molecule has 8 heteroatoms. The molecule has 0 aliphatic carbocycles. The van der Waals surface area contributed by atoms with Crippen molar-refractivity contribution < 1.29 is 19.0 Å². The molecular formula is C16H17BrN2O4S. The molecule has 6 nitrogen and oxygen atoms in total. The molecule has 0 radical (unpaired) electrons. The number of rotatable bonds is 6. The fraction of sp³-hybridized carbons (Fsp3) is 0.375. The lowest BCUT2D eigenvalue weighted by Crippen LogP contribution is -2.32. The summed E-state index contributed by atoms with van der Waals surface area (Å²) in [4.78, 5) is 14.1. The first-order valence-electron chi connectivity index (χ1n) is 7.61. The predicted octanol–water partition coefficient (Wildman–Crippen LogP) is 2.66. The Labute approximate surface area is 153 Å². The number of carbonyl (C=O) groups is 1. The van der Waals surface area contributed by atoms with Gasteiger partial charge in [-0.25, -0.2) is 0 Å². The number of amides is 1. The van der Waals surface area contributed by atoms with Crippen molar-refractivity contribution in [3.63, 3.8) is 0 Å². The van der Waals surface area contributed by atoms with E-state index in [0.29, 0.717) is 42.1 Å². The lowest BCUT2D eigenvalue weighted by atomic mass is 10.1. The highest BCUT2D eigenvalue weighted by Crippen LogP contribution is 2.40. The van der Waals surface area contributed by atoms with E-state index in [4.69, 9.17) is 26.4 Å². The number of nitrogens with one attached hydrogen (secondary N) is 1. The molecule has 2 aliphatic heterocycles. The third-order valence-corrected chi connectivity index (χ3v) is 4.51. The minimum atomic E-state index is -0.134. The minimum absolute atomic E-state index is 0.134. The molecule has 1 aromatic carbocycles. The van der Waals surface area contributed by atoms with Gasteiger partial charge in [-0.2, -0.15) is 0 Å². The van der Waals surface area contributed by atoms with E-state index in [1.54, 1.807) is 11.0 Å². The molecule has 1 N–H and O–H groups in total. The summed E-state index contributed by atoms with van der Waals surface area (Å²) in [5.41, 5.74) is 1.27. The van der Waals surface area contributed by atoms with Gasteiger partial charge in [-0.3, -0.25) is 9.69 Å².